The summed E-state index contributed by atoms with van der Waals surface area (Å²) in [4.78, 5) is 0. The Bertz CT molecular complexity index is 434. The number of hydrogen-bond acceptors (Lipinski definition) is 3. The predicted octanol–water partition coefficient (Wildman–Crippen LogP) is 3.07. The average molecular weight is 275 g/mol. The van der Waals surface area contributed by atoms with Crippen molar-refractivity contribution in [2.24, 2.45) is 5.73 Å². The van der Waals surface area contributed by atoms with Gasteiger partial charge in [0.25, 0.3) is 0 Å². The first-order valence-electron chi connectivity index (χ1n) is 7.85. The molecule has 3 nitrogen and oxygen atoms in total. The number of rotatable bonds is 4. The third-order valence-corrected chi connectivity index (χ3v) is 4.76. The molecule has 1 aromatic carbocycles. The van der Waals surface area contributed by atoms with Gasteiger partial charge in [0.2, 0.25) is 0 Å². The summed E-state index contributed by atoms with van der Waals surface area (Å²) in [6, 6.07) is 7.86. The van der Waals surface area contributed by atoms with Crippen LogP contribution in [-0.2, 0) is 0 Å². The van der Waals surface area contributed by atoms with Crippen LogP contribution in [0, 0.1) is 13.8 Å². The Labute approximate surface area is 123 Å². The second-order valence-electron chi connectivity index (χ2n) is 6.24. The maximum absolute atomic E-state index is 6.04. The van der Waals surface area contributed by atoms with Crippen molar-refractivity contribution in [2.45, 2.75) is 65.1 Å². The van der Waals surface area contributed by atoms with Gasteiger partial charge in [0.15, 0.2) is 0 Å². The van der Waals surface area contributed by atoms with E-state index in [-0.39, 0.29) is 6.04 Å². The molecule has 1 heterocycles. The summed E-state index contributed by atoms with van der Waals surface area (Å²) in [5.74, 6) is 0. The van der Waals surface area contributed by atoms with Crippen molar-refractivity contribution < 1.29 is 0 Å². The zero-order valence-electron chi connectivity index (χ0n) is 13.3. The molecule has 2 rings (SSSR count). The molecular weight excluding hydrogens is 246 g/mol. The van der Waals surface area contributed by atoms with Crippen molar-refractivity contribution in [1.82, 2.24) is 10.4 Å². The molecule has 0 radical (unpaired) electrons. The molecule has 0 spiro atoms. The van der Waals surface area contributed by atoms with Crippen LogP contribution in [0.5, 0.6) is 0 Å². The number of aryl methyl sites for hydroxylation is 1. The van der Waals surface area contributed by atoms with Gasteiger partial charge in [-0.1, -0.05) is 24.6 Å². The van der Waals surface area contributed by atoms with Gasteiger partial charge in [-0.15, -0.1) is 0 Å². The highest BCUT2D eigenvalue weighted by Gasteiger charge is 2.27. The lowest BCUT2D eigenvalue weighted by molar-refractivity contribution is 0.0303. The van der Waals surface area contributed by atoms with E-state index in [1.54, 1.807) is 0 Å². The van der Waals surface area contributed by atoms with Crippen molar-refractivity contribution in [3.05, 3.63) is 34.9 Å². The quantitative estimate of drug-likeness (QED) is 0.887. The molecule has 3 unspecified atom stereocenters. The van der Waals surface area contributed by atoms with E-state index >= 15 is 0 Å². The number of nitrogens with two attached hydrogens (primary N) is 1. The van der Waals surface area contributed by atoms with E-state index in [1.165, 1.54) is 36.0 Å². The van der Waals surface area contributed by atoms with Crippen LogP contribution in [0.25, 0.3) is 0 Å². The molecule has 112 valence electrons. The largest absolute Gasteiger partial charge is 0.329 e. The van der Waals surface area contributed by atoms with Crippen LogP contribution in [0.4, 0.5) is 0 Å². The lowest BCUT2D eigenvalue weighted by Crippen LogP contribution is -2.54. The van der Waals surface area contributed by atoms with Crippen LogP contribution in [0.2, 0.25) is 0 Å². The van der Waals surface area contributed by atoms with E-state index < -0.39 is 0 Å². The maximum atomic E-state index is 6.04. The summed E-state index contributed by atoms with van der Waals surface area (Å²) < 4.78 is 0. The molecule has 3 N–H and O–H groups in total. The number of nitrogens with one attached hydrogen (secondary N) is 1. The molecule has 1 aromatic rings. The van der Waals surface area contributed by atoms with E-state index in [4.69, 9.17) is 5.73 Å². The summed E-state index contributed by atoms with van der Waals surface area (Å²) in [6.45, 7) is 9.59. The van der Waals surface area contributed by atoms with Gasteiger partial charge in [0.05, 0.1) is 6.04 Å². The molecule has 0 bridgehead atoms. The van der Waals surface area contributed by atoms with Crippen LogP contribution in [0.15, 0.2) is 18.2 Å². The summed E-state index contributed by atoms with van der Waals surface area (Å²) >= 11 is 0. The van der Waals surface area contributed by atoms with Crippen molar-refractivity contribution in [3.8, 4) is 0 Å². The molecular formula is C17H29N3. The molecule has 0 aromatic heterocycles. The second kappa shape index (κ2) is 6.70. The fourth-order valence-electron chi connectivity index (χ4n) is 3.26. The summed E-state index contributed by atoms with van der Waals surface area (Å²) in [5.41, 5.74) is 13.8. The first kappa shape index (κ1) is 15.5. The molecule has 0 amide bonds. The predicted molar refractivity (Wildman–Crippen MR) is 85.5 cm³/mol. The van der Waals surface area contributed by atoms with E-state index in [0.29, 0.717) is 18.6 Å². The van der Waals surface area contributed by atoms with Gasteiger partial charge in [0, 0.05) is 18.6 Å². The minimum atomic E-state index is 0.206. The standard InChI is InChI=1S/C17H29N3/c1-12-7-5-10-16(15(12)4)17(11-18)19-20-13(2)8-6-9-14(20)3/h5,7,10,13-14,17,19H,6,8-9,11,18H2,1-4H3. The minimum Gasteiger partial charge on any atom is -0.329 e. The molecule has 20 heavy (non-hydrogen) atoms. The highest BCUT2D eigenvalue weighted by atomic mass is 15.5. The van der Waals surface area contributed by atoms with Gasteiger partial charge in [0.1, 0.15) is 0 Å². The van der Waals surface area contributed by atoms with Crippen LogP contribution < -0.4 is 11.2 Å². The lowest BCUT2D eigenvalue weighted by atomic mass is 9.96. The minimum absolute atomic E-state index is 0.206. The Balaban J connectivity index is 2.18. The van der Waals surface area contributed by atoms with E-state index in [2.05, 4.69) is 56.3 Å². The molecule has 0 saturated carbocycles. The average Bonchev–Trinajstić information content (AvgIpc) is 2.42. The number of nitrogens with zero attached hydrogens (tertiary/aromatic N) is 1. The Morgan fingerprint density at radius 1 is 1.25 bits per heavy atom. The normalized spacial score (nSPS) is 25.6. The fraction of sp³-hybridized carbons (Fsp3) is 0.647. The molecule has 1 saturated heterocycles. The van der Waals surface area contributed by atoms with Gasteiger partial charge in [-0.05, 0) is 57.2 Å². The highest BCUT2D eigenvalue weighted by molar-refractivity contribution is 5.35. The summed E-state index contributed by atoms with van der Waals surface area (Å²) in [5, 5.41) is 2.42. The Morgan fingerprint density at radius 2 is 1.90 bits per heavy atom. The fourth-order valence-corrected chi connectivity index (χ4v) is 3.26. The maximum Gasteiger partial charge on any atom is 0.0589 e. The Kier molecular flexibility index (Phi) is 5.19. The third-order valence-electron chi connectivity index (χ3n) is 4.76. The number of benzene rings is 1. The molecule has 3 atom stereocenters. The number of piperidine rings is 1. The molecule has 1 aliphatic heterocycles. The summed E-state index contributed by atoms with van der Waals surface area (Å²) in [6.07, 6.45) is 3.86. The van der Waals surface area contributed by atoms with E-state index in [9.17, 15) is 0 Å². The SMILES string of the molecule is Cc1cccc(C(CN)NN2C(C)CCCC2C)c1C. The van der Waals surface area contributed by atoms with E-state index in [0.717, 1.165) is 0 Å². The van der Waals surface area contributed by atoms with Crippen LogP contribution in [-0.4, -0.2) is 23.6 Å². The third kappa shape index (κ3) is 3.22. The second-order valence-corrected chi connectivity index (χ2v) is 6.24. The Morgan fingerprint density at radius 3 is 2.50 bits per heavy atom. The van der Waals surface area contributed by atoms with Crippen LogP contribution in [0.1, 0.15) is 55.8 Å². The monoisotopic (exact) mass is 275 g/mol. The van der Waals surface area contributed by atoms with Crippen molar-refractivity contribution in [3.63, 3.8) is 0 Å². The molecule has 1 aliphatic rings. The molecule has 3 heteroatoms. The van der Waals surface area contributed by atoms with Gasteiger partial charge in [-0.25, -0.2) is 10.4 Å². The Hall–Kier alpha value is -0.900. The van der Waals surface area contributed by atoms with Crippen LogP contribution >= 0.6 is 0 Å². The van der Waals surface area contributed by atoms with Crippen molar-refractivity contribution in [1.29, 1.82) is 0 Å². The van der Waals surface area contributed by atoms with Gasteiger partial charge < -0.3 is 5.73 Å². The highest BCUT2D eigenvalue weighted by Crippen LogP contribution is 2.25. The first-order chi connectivity index (χ1) is 9.54. The van der Waals surface area contributed by atoms with E-state index in [1.807, 2.05) is 0 Å². The lowest BCUT2D eigenvalue weighted by Gasteiger charge is -2.41. The van der Waals surface area contributed by atoms with Gasteiger partial charge >= 0.3 is 0 Å². The van der Waals surface area contributed by atoms with Crippen molar-refractivity contribution in [2.75, 3.05) is 6.54 Å². The molecule has 0 aliphatic carbocycles. The number of hydrazine groups is 1. The smallest absolute Gasteiger partial charge is 0.0589 e. The number of hydrogen-bond donors (Lipinski definition) is 2. The molecule has 1 fully saturated rings. The topological polar surface area (TPSA) is 41.3 Å². The van der Waals surface area contributed by atoms with Gasteiger partial charge in [-0.3, -0.25) is 0 Å². The van der Waals surface area contributed by atoms with Gasteiger partial charge in [-0.2, -0.15) is 0 Å². The zero-order valence-corrected chi connectivity index (χ0v) is 13.3. The zero-order chi connectivity index (χ0) is 14.7. The summed E-state index contributed by atoms with van der Waals surface area (Å²) in [7, 11) is 0. The van der Waals surface area contributed by atoms with Crippen LogP contribution in [0.3, 0.4) is 0 Å². The first-order valence-corrected chi connectivity index (χ1v) is 7.85. The van der Waals surface area contributed by atoms with Crippen molar-refractivity contribution >= 4 is 0 Å².